The Morgan fingerprint density at radius 3 is 3.00 bits per heavy atom. The number of nitrogens with zero attached hydrogens (tertiary/aromatic N) is 1. The summed E-state index contributed by atoms with van der Waals surface area (Å²) >= 11 is 0. The van der Waals surface area contributed by atoms with Gasteiger partial charge in [0.2, 0.25) is 0 Å². The van der Waals surface area contributed by atoms with E-state index in [4.69, 9.17) is 4.74 Å². The van der Waals surface area contributed by atoms with Crippen molar-refractivity contribution in [2.45, 2.75) is 6.42 Å². The van der Waals surface area contributed by atoms with Crippen molar-refractivity contribution in [3.63, 3.8) is 0 Å². The average Bonchev–Trinajstić information content (AvgIpc) is 2.78. The van der Waals surface area contributed by atoms with Gasteiger partial charge in [0.1, 0.15) is 5.75 Å². The van der Waals surface area contributed by atoms with Gasteiger partial charge >= 0.3 is 0 Å². The summed E-state index contributed by atoms with van der Waals surface area (Å²) < 4.78 is 5.22. The van der Waals surface area contributed by atoms with Crippen molar-refractivity contribution >= 4 is 10.9 Å². The van der Waals surface area contributed by atoms with Crippen molar-refractivity contribution in [3.8, 4) is 5.75 Å². The minimum Gasteiger partial charge on any atom is -0.497 e. The summed E-state index contributed by atoms with van der Waals surface area (Å²) in [6, 6.07) is 6.16. The molecule has 0 bridgehead atoms. The zero-order chi connectivity index (χ0) is 13.0. The molecule has 0 aliphatic carbocycles. The molecule has 0 aliphatic heterocycles. The topological polar surface area (TPSA) is 28.3 Å². The van der Waals surface area contributed by atoms with Crippen LogP contribution >= 0.6 is 0 Å². The summed E-state index contributed by atoms with van der Waals surface area (Å²) in [6.07, 6.45) is 5.06. The van der Waals surface area contributed by atoms with Crippen LogP contribution in [0.5, 0.6) is 5.75 Å². The van der Waals surface area contributed by atoms with E-state index in [0.29, 0.717) is 0 Å². The predicted molar refractivity (Wildman–Crippen MR) is 76.2 cm³/mol. The van der Waals surface area contributed by atoms with Gasteiger partial charge in [-0.3, -0.25) is 0 Å². The fourth-order valence-corrected chi connectivity index (χ4v) is 2.12. The molecular weight excluding hydrogens is 224 g/mol. The van der Waals surface area contributed by atoms with Gasteiger partial charge in [-0.15, -0.1) is 6.58 Å². The lowest BCUT2D eigenvalue weighted by atomic mass is 10.1. The van der Waals surface area contributed by atoms with Crippen LogP contribution in [0.25, 0.3) is 10.9 Å². The highest BCUT2D eigenvalue weighted by Gasteiger charge is 2.05. The van der Waals surface area contributed by atoms with Gasteiger partial charge in [0.05, 0.1) is 7.11 Å². The maximum absolute atomic E-state index is 5.22. The Morgan fingerprint density at radius 1 is 1.44 bits per heavy atom. The zero-order valence-corrected chi connectivity index (χ0v) is 11.1. The molecule has 1 N–H and O–H groups in total. The van der Waals surface area contributed by atoms with Crippen LogP contribution in [0.3, 0.4) is 0 Å². The highest BCUT2D eigenvalue weighted by Crippen LogP contribution is 2.23. The third-order valence-electron chi connectivity index (χ3n) is 3.18. The van der Waals surface area contributed by atoms with E-state index in [9.17, 15) is 0 Å². The molecule has 0 atom stereocenters. The van der Waals surface area contributed by atoms with Crippen LogP contribution in [0.4, 0.5) is 0 Å². The quantitative estimate of drug-likeness (QED) is 0.791. The lowest BCUT2D eigenvalue weighted by Crippen LogP contribution is -2.20. The number of aromatic amines is 1. The molecule has 1 aromatic carbocycles. The minimum atomic E-state index is 0.889. The van der Waals surface area contributed by atoms with Crippen LogP contribution in [-0.4, -0.2) is 37.1 Å². The fourth-order valence-electron chi connectivity index (χ4n) is 2.12. The fraction of sp³-hybridized carbons (Fsp3) is 0.333. The third kappa shape index (κ3) is 2.74. The van der Waals surface area contributed by atoms with Crippen LogP contribution in [0.1, 0.15) is 5.56 Å². The van der Waals surface area contributed by atoms with Gasteiger partial charge in [-0.25, -0.2) is 0 Å². The maximum atomic E-state index is 5.22. The van der Waals surface area contributed by atoms with Gasteiger partial charge in [0.15, 0.2) is 0 Å². The number of benzene rings is 1. The largest absolute Gasteiger partial charge is 0.497 e. The number of methoxy groups -OCH3 is 1. The van der Waals surface area contributed by atoms with Crippen LogP contribution < -0.4 is 4.74 Å². The summed E-state index contributed by atoms with van der Waals surface area (Å²) in [4.78, 5) is 5.56. The SMILES string of the molecule is C=CCN(C)CCc1c[nH]c2cc(OC)ccc12. The predicted octanol–water partition coefficient (Wildman–Crippen LogP) is 2.84. The Hall–Kier alpha value is -1.74. The van der Waals surface area contributed by atoms with Crippen molar-refractivity contribution in [3.05, 3.63) is 42.6 Å². The molecule has 1 aromatic heterocycles. The number of hydrogen-bond acceptors (Lipinski definition) is 2. The number of aromatic nitrogens is 1. The summed E-state index contributed by atoms with van der Waals surface area (Å²) in [5, 5.41) is 1.28. The second-order valence-electron chi connectivity index (χ2n) is 4.53. The molecule has 0 spiro atoms. The molecule has 0 saturated heterocycles. The monoisotopic (exact) mass is 244 g/mol. The molecule has 0 fully saturated rings. The number of ether oxygens (including phenoxy) is 1. The number of nitrogens with one attached hydrogen (secondary N) is 1. The van der Waals surface area contributed by atoms with Gasteiger partial charge in [0, 0.05) is 36.3 Å². The Balaban J connectivity index is 2.12. The lowest BCUT2D eigenvalue weighted by molar-refractivity contribution is 0.376. The van der Waals surface area contributed by atoms with E-state index >= 15 is 0 Å². The molecule has 0 radical (unpaired) electrons. The van der Waals surface area contributed by atoms with E-state index in [-0.39, 0.29) is 0 Å². The number of hydrogen-bond donors (Lipinski definition) is 1. The van der Waals surface area contributed by atoms with Crippen LogP contribution in [0.15, 0.2) is 37.1 Å². The number of fused-ring (bicyclic) bond motifs is 1. The summed E-state index contributed by atoms with van der Waals surface area (Å²) in [5.41, 5.74) is 2.49. The molecule has 96 valence electrons. The van der Waals surface area contributed by atoms with Crippen LogP contribution in [0.2, 0.25) is 0 Å². The van der Waals surface area contributed by atoms with Crippen LogP contribution in [0, 0.1) is 0 Å². The Morgan fingerprint density at radius 2 is 2.28 bits per heavy atom. The van der Waals surface area contributed by atoms with E-state index in [1.807, 2.05) is 18.2 Å². The number of likely N-dealkylation sites (N-methyl/N-ethyl adjacent to an activating group) is 1. The van der Waals surface area contributed by atoms with Gasteiger partial charge in [-0.2, -0.15) is 0 Å². The molecule has 0 unspecified atom stereocenters. The third-order valence-corrected chi connectivity index (χ3v) is 3.18. The van der Waals surface area contributed by atoms with E-state index in [2.05, 4.69) is 35.8 Å². The Labute approximate surface area is 108 Å². The second kappa shape index (κ2) is 5.74. The molecule has 2 aromatic rings. The highest BCUT2D eigenvalue weighted by molar-refractivity contribution is 5.84. The first-order valence-corrected chi connectivity index (χ1v) is 6.18. The van der Waals surface area contributed by atoms with Gasteiger partial charge in [-0.05, 0) is 31.2 Å². The van der Waals surface area contributed by atoms with E-state index < -0.39 is 0 Å². The summed E-state index contributed by atoms with van der Waals surface area (Å²) in [5.74, 6) is 0.889. The first-order valence-electron chi connectivity index (χ1n) is 6.18. The molecule has 18 heavy (non-hydrogen) atoms. The summed E-state index contributed by atoms with van der Waals surface area (Å²) in [7, 11) is 3.80. The first-order chi connectivity index (χ1) is 8.74. The van der Waals surface area contributed by atoms with Crippen LogP contribution in [-0.2, 0) is 6.42 Å². The molecule has 3 nitrogen and oxygen atoms in total. The molecule has 0 saturated carbocycles. The molecule has 1 heterocycles. The van der Waals surface area contributed by atoms with Gasteiger partial charge in [0.25, 0.3) is 0 Å². The maximum Gasteiger partial charge on any atom is 0.120 e. The zero-order valence-electron chi connectivity index (χ0n) is 11.1. The lowest BCUT2D eigenvalue weighted by Gasteiger charge is -2.13. The standard InChI is InChI=1S/C15H20N2O/c1-4-8-17(2)9-7-12-11-16-15-10-13(18-3)5-6-14(12)15/h4-6,10-11,16H,1,7-9H2,2-3H3. The van der Waals surface area contributed by atoms with Crippen molar-refractivity contribution in [1.82, 2.24) is 9.88 Å². The molecule has 0 amide bonds. The normalized spacial score (nSPS) is 11.1. The Kier molecular flexibility index (Phi) is 4.05. The molecule has 2 rings (SSSR count). The smallest absolute Gasteiger partial charge is 0.120 e. The van der Waals surface area contributed by atoms with Crippen molar-refractivity contribution in [2.24, 2.45) is 0 Å². The number of H-pyrrole nitrogens is 1. The van der Waals surface area contributed by atoms with Crippen molar-refractivity contribution in [1.29, 1.82) is 0 Å². The van der Waals surface area contributed by atoms with Gasteiger partial charge in [-0.1, -0.05) is 6.08 Å². The Bertz CT molecular complexity index is 530. The highest BCUT2D eigenvalue weighted by atomic mass is 16.5. The van der Waals surface area contributed by atoms with E-state index in [1.165, 1.54) is 10.9 Å². The molecule has 0 aliphatic rings. The van der Waals surface area contributed by atoms with Gasteiger partial charge < -0.3 is 14.6 Å². The van der Waals surface area contributed by atoms with Crippen molar-refractivity contribution in [2.75, 3.05) is 27.2 Å². The summed E-state index contributed by atoms with van der Waals surface area (Å²) in [6.45, 7) is 5.71. The van der Waals surface area contributed by atoms with Crippen molar-refractivity contribution < 1.29 is 4.74 Å². The molecule has 3 heteroatoms. The number of rotatable bonds is 6. The average molecular weight is 244 g/mol. The first kappa shape index (κ1) is 12.7. The minimum absolute atomic E-state index is 0.889. The van der Waals surface area contributed by atoms with E-state index in [1.54, 1.807) is 7.11 Å². The van der Waals surface area contributed by atoms with E-state index in [0.717, 1.165) is 30.8 Å². The second-order valence-corrected chi connectivity index (χ2v) is 4.53. The molecular formula is C15H20N2O.